The van der Waals surface area contributed by atoms with Gasteiger partial charge < -0.3 is 14.8 Å². The zero-order valence-electron chi connectivity index (χ0n) is 16.2. The number of rotatable bonds is 5. The number of carbonyl (C=O) groups is 2. The maximum Gasteiger partial charge on any atom is 0.339 e. The maximum atomic E-state index is 12.4. The van der Waals surface area contributed by atoms with Crippen molar-refractivity contribution >= 4 is 40.2 Å². The Kier molecular flexibility index (Phi) is 5.08. The Morgan fingerprint density at radius 1 is 1.13 bits per heavy atom. The lowest BCUT2D eigenvalue weighted by Crippen LogP contribution is -2.12. The van der Waals surface area contributed by atoms with Crippen molar-refractivity contribution in [2.75, 3.05) is 19.5 Å². The number of para-hydroxylation sites is 1. The van der Waals surface area contributed by atoms with E-state index in [2.05, 4.69) is 20.6 Å². The third-order valence-electron chi connectivity index (χ3n) is 4.44. The Morgan fingerprint density at radius 2 is 1.97 bits per heavy atom. The Balaban J connectivity index is 1.59. The number of benzene rings is 2. The molecule has 0 saturated carbocycles. The summed E-state index contributed by atoms with van der Waals surface area (Å²) in [5.74, 6) is -0.252. The summed E-state index contributed by atoms with van der Waals surface area (Å²) in [5, 5.41) is 11.7. The van der Waals surface area contributed by atoms with E-state index in [1.54, 1.807) is 42.1 Å². The van der Waals surface area contributed by atoms with E-state index in [0.29, 0.717) is 22.8 Å². The quantitative estimate of drug-likeness (QED) is 0.403. The van der Waals surface area contributed by atoms with E-state index in [1.807, 2.05) is 18.2 Å². The van der Waals surface area contributed by atoms with Crippen LogP contribution in [0.4, 0.5) is 5.69 Å². The Bertz CT molecular complexity index is 1300. The molecule has 2 aromatic carbocycles. The van der Waals surface area contributed by atoms with Crippen molar-refractivity contribution < 1.29 is 19.1 Å². The number of carbonyl (C=O) groups excluding carboxylic acids is 2. The molecule has 2 heterocycles. The second kappa shape index (κ2) is 8.00. The van der Waals surface area contributed by atoms with Crippen molar-refractivity contribution in [3.05, 3.63) is 66.0 Å². The number of hydrogen-bond acceptors (Lipinski definition) is 7. The van der Waals surface area contributed by atoms with E-state index >= 15 is 0 Å². The third kappa shape index (κ3) is 3.55. The highest BCUT2D eigenvalue weighted by Crippen LogP contribution is 2.21. The molecule has 0 aliphatic heterocycles. The molecular formula is C21H17N5O4. The molecule has 1 amide bonds. The minimum atomic E-state index is -0.535. The summed E-state index contributed by atoms with van der Waals surface area (Å²) in [6.07, 6.45) is 4.51. The van der Waals surface area contributed by atoms with Crippen LogP contribution in [0.3, 0.4) is 0 Å². The highest BCUT2D eigenvalue weighted by molar-refractivity contribution is 6.06. The summed E-state index contributed by atoms with van der Waals surface area (Å²) in [6, 6.07) is 12.1. The molecule has 0 aliphatic carbocycles. The SMILES string of the molecule is COC(=O)c1ccccc1NC(=O)C=Cc1nnn2c1ncc1cc(OC)ccc12. The van der Waals surface area contributed by atoms with Crippen molar-refractivity contribution in [1.82, 2.24) is 19.8 Å². The van der Waals surface area contributed by atoms with Gasteiger partial charge in [-0.3, -0.25) is 4.79 Å². The normalized spacial score (nSPS) is 11.1. The molecule has 2 aromatic heterocycles. The molecule has 0 spiro atoms. The third-order valence-corrected chi connectivity index (χ3v) is 4.44. The molecule has 9 heteroatoms. The van der Waals surface area contributed by atoms with Gasteiger partial charge in [-0.15, -0.1) is 5.10 Å². The monoisotopic (exact) mass is 403 g/mol. The van der Waals surface area contributed by atoms with Crippen molar-refractivity contribution in [2.45, 2.75) is 0 Å². The van der Waals surface area contributed by atoms with Crippen molar-refractivity contribution in [2.24, 2.45) is 0 Å². The van der Waals surface area contributed by atoms with Crippen LogP contribution >= 0.6 is 0 Å². The van der Waals surface area contributed by atoms with Crippen LogP contribution in [-0.2, 0) is 9.53 Å². The molecule has 150 valence electrons. The van der Waals surface area contributed by atoms with Crippen LogP contribution in [0.1, 0.15) is 16.1 Å². The predicted molar refractivity (Wildman–Crippen MR) is 110 cm³/mol. The zero-order valence-corrected chi connectivity index (χ0v) is 16.2. The molecule has 1 N–H and O–H groups in total. The highest BCUT2D eigenvalue weighted by Gasteiger charge is 2.13. The zero-order chi connectivity index (χ0) is 21.1. The van der Waals surface area contributed by atoms with Crippen LogP contribution in [0, 0.1) is 0 Å². The van der Waals surface area contributed by atoms with Crippen molar-refractivity contribution in [3.8, 4) is 5.75 Å². The fourth-order valence-corrected chi connectivity index (χ4v) is 2.98. The lowest BCUT2D eigenvalue weighted by molar-refractivity contribution is -0.111. The standard InChI is InChI=1S/C21H17N5O4/c1-29-14-7-9-18-13(11-14)12-22-20-17(24-25-26(18)20)8-10-19(27)23-16-6-4-3-5-15(16)21(28)30-2/h3-12H,1-2H3,(H,23,27). The van der Waals surface area contributed by atoms with Gasteiger partial charge in [-0.25, -0.2) is 9.78 Å². The molecule has 30 heavy (non-hydrogen) atoms. The number of ether oxygens (including phenoxy) is 2. The van der Waals surface area contributed by atoms with Gasteiger partial charge in [0.05, 0.1) is 31.0 Å². The minimum absolute atomic E-state index is 0.263. The molecule has 0 aliphatic rings. The average molecular weight is 403 g/mol. The van der Waals surface area contributed by atoms with Crippen LogP contribution in [0.2, 0.25) is 0 Å². The molecule has 0 saturated heterocycles. The van der Waals surface area contributed by atoms with Gasteiger partial charge in [0.2, 0.25) is 5.91 Å². The van der Waals surface area contributed by atoms with Crippen molar-refractivity contribution in [3.63, 3.8) is 0 Å². The van der Waals surface area contributed by atoms with Gasteiger partial charge in [0, 0.05) is 17.7 Å². The Morgan fingerprint density at radius 3 is 2.77 bits per heavy atom. The van der Waals surface area contributed by atoms with Crippen LogP contribution in [0.25, 0.3) is 22.6 Å². The Labute approximate surface area is 170 Å². The first-order valence-electron chi connectivity index (χ1n) is 8.95. The second-order valence-corrected chi connectivity index (χ2v) is 6.25. The number of nitrogens with one attached hydrogen (secondary N) is 1. The van der Waals surface area contributed by atoms with Gasteiger partial charge in [-0.1, -0.05) is 17.3 Å². The fourth-order valence-electron chi connectivity index (χ4n) is 2.98. The van der Waals surface area contributed by atoms with E-state index in [9.17, 15) is 9.59 Å². The second-order valence-electron chi connectivity index (χ2n) is 6.25. The number of aromatic nitrogens is 4. The lowest BCUT2D eigenvalue weighted by Gasteiger charge is -2.07. The van der Waals surface area contributed by atoms with E-state index in [-0.39, 0.29) is 5.56 Å². The number of nitrogens with zero attached hydrogens (tertiary/aromatic N) is 4. The summed E-state index contributed by atoms with van der Waals surface area (Å²) < 4.78 is 11.6. The van der Waals surface area contributed by atoms with Crippen LogP contribution < -0.4 is 10.1 Å². The fraction of sp³-hybridized carbons (Fsp3) is 0.0952. The number of fused-ring (bicyclic) bond motifs is 3. The largest absolute Gasteiger partial charge is 0.497 e. The minimum Gasteiger partial charge on any atom is -0.497 e. The van der Waals surface area contributed by atoms with Gasteiger partial charge in [-0.2, -0.15) is 4.52 Å². The number of amides is 1. The number of hydrogen-bond donors (Lipinski definition) is 1. The molecule has 0 radical (unpaired) electrons. The molecule has 0 bridgehead atoms. The van der Waals surface area contributed by atoms with E-state index in [0.717, 1.165) is 10.9 Å². The summed E-state index contributed by atoms with van der Waals surface area (Å²) in [6.45, 7) is 0. The lowest BCUT2D eigenvalue weighted by atomic mass is 10.2. The van der Waals surface area contributed by atoms with Crippen LogP contribution in [0.15, 0.2) is 54.7 Å². The topological polar surface area (TPSA) is 108 Å². The molecule has 0 atom stereocenters. The first kappa shape index (κ1) is 19.1. The van der Waals surface area contributed by atoms with E-state index < -0.39 is 11.9 Å². The molecule has 0 unspecified atom stereocenters. The summed E-state index contributed by atoms with van der Waals surface area (Å²) in [4.78, 5) is 28.6. The van der Waals surface area contributed by atoms with Crippen LogP contribution in [0.5, 0.6) is 5.75 Å². The highest BCUT2D eigenvalue weighted by atomic mass is 16.5. The molecule has 0 fully saturated rings. The van der Waals surface area contributed by atoms with Gasteiger partial charge in [0.25, 0.3) is 0 Å². The van der Waals surface area contributed by atoms with Crippen LogP contribution in [-0.4, -0.2) is 45.9 Å². The number of anilines is 1. The average Bonchev–Trinajstić information content (AvgIpc) is 3.20. The Hall–Kier alpha value is -4.27. The maximum absolute atomic E-state index is 12.4. The first-order valence-corrected chi connectivity index (χ1v) is 8.95. The summed E-state index contributed by atoms with van der Waals surface area (Å²) >= 11 is 0. The summed E-state index contributed by atoms with van der Waals surface area (Å²) in [7, 11) is 2.88. The van der Waals surface area contributed by atoms with Gasteiger partial charge in [-0.05, 0) is 36.4 Å². The number of esters is 1. The smallest absolute Gasteiger partial charge is 0.339 e. The summed E-state index contributed by atoms with van der Waals surface area (Å²) in [5.41, 5.74) is 2.37. The number of methoxy groups -OCH3 is 2. The van der Waals surface area contributed by atoms with Gasteiger partial charge >= 0.3 is 5.97 Å². The molecule has 4 aromatic rings. The molecular weight excluding hydrogens is 386 g/mol. The first-order chi connectivity index (χ1) is 14.6. The van der Waals surface area contributed by atoms with Gasteiger partial charge in [0.15, 0.2) is 5.65 Å². The van der Waals surface area contributed by atoms with Crippen molar-refractivity contribution in [1.29, 1.82) is 0 Å². The van der Waals surface area contributed by atoms with E-state index in [4.69, 9.17) is 9.47 Å². The van der Waals surface area contributed by atoms with E-state index in [1.165, 1.54) is 19.3 Å². The molecule has 9 nitrogen and oxygen atoms in total. The van der Waals surface area contributed by atoms with Gasteiger partial charge in [0.1, 0.15) is 11.4 Å². The predicted octanol–water partition coefficient (Wildman–Crippen LogP) is 2.72. The molecule has 4 rings (SSSR count).